The standard InChI is InChI=1S/C7H18NO3P/c1-4-5-6-11-12(9,10)8-7(2)3/h7H,4-6H2,1-3H3,(H2,8,9,10). The molecule has 5 heteroatoms. The second-order valence-corrected chi connectivity index (χ2v) is 4.55. The van der Waals surface area contributed by atoms with Crippen molar-refractivity contribution in [2.45, 2.75) is 39.7 Å². The summed E-state index contributed by atoms with van der Waals surface area (Å²) >= 11 is 0. The maximum atomic E-state index is 11.1. The third-order valence-corrected chi connectivity index (χ3v) is 2.56. The van der Waals surface area contributed by atoms with Crippen molar-refractivity contribution in [2.75, 3.05) is 6.61 Å². The van der Waals surface area contributed by atoms with E-state index in [4.69, 9.17) is 9.42 Å². The zero-order valence-corrected chi connectivity index (χ0v) is 8.80. The molecule has 0 aromatic heterocycles. The molecule has 0 radical (unpaired) electrons. The van der Waals surface area contributed by atoms with E-state index in [-0.39, 0.29) is 6.04 Å². The monoisotopic (exact) mass is 195 g/mol. The van der Waals surface area contributed by atoms with Crippen LogP contribution in [-0.2, 0) is 9.09 Å². The molecule has 0 saturated carbocycles. The topological polar surface area (TPSA) is 58.6 Å². The van der Waals surface area contributed by atoms with Gasteiger partial charge in [0.15, 0.2) is 0 Å². The number of nitrogens with one attached hydrogen (secondary N) is 1. The van der Waals surface area contributed by atoms with Crippen molar-refractivity contribution in [3.63, 3.8) is 0 Å². The number of hydrogen-bond donors (Lipinski definition) is 2. The Balaban J connectivity index is 3.64. The molecule has 74 valence electrons. The van der Waals surface area contributed by atoms with Gasteiger partial charge in [-0.3, -0.25) is 4.52 Å². The van der Waals surface area contributed by atoms with Crippen LogP contribution >= 0.6 is 7.75 Å². The van der Waals surface area contributed by atoms with Crippen LogP contribution in [0.1, 0.15) is 33.6 Å². The van der Waals surface area contributed by atoms with E-state index in [1.807, 2.05) is 6.92 Å². The van der Waals surface area contributed by atoms with E-state index in [1.54, 1.807) is 13.8 Å². The molecule has 0 bridgehead atoms. The van der Waals surface area contributed by atoms with E-state index in [0.29, 0.717) is 6.61 Å². The molecule has 0 amide bonds. The molecule has 4 nitrogen and oxygen atoms in total. The Morgan fingerprint density at radius 3 is 2.58 bits per heavy atom. The van der Waals surface area contributed by atoms with Gasteiger partial charge in [-0.25, -0.2) is 9.65 Å². The summed E-state index contributed by atoms with van der Waals surface area (Å²) < 4.78 is 15.9. The van der Waals surface area contributed by atoms with Crippen LogP contribution in [0.4, 0.5) is 0 Å². The maximum absolute atomic E-state index is 11.1. The molecule has 0 aliphatic carbocycles. The van der Waals surface area contributed by atoms with Crippen LogP contribution in [0, 0.1) is 0 Å². The van der Waals surface area contributed by atoms with Crippen LogP contribution in [-0.4, -0.2) is 17.5 Å². The van der Waals surface area contributed by atoms with E-state index in [2.05, 4.69) is 5.09 Å². The molecule has 1 unspecified atom stereocenters. The highest BCUT2D eigenvalue weighted by atomic mass is 31.2. The largest absolute Gasteiger partial charge is 0.403 e. The van der Waals surface area contributed by atoms with Crippen LogP contribution in [0.5, 0.6) is 0 Å². The van der Waals surface area contributed by atoms with Gasteiger partial charge in [-0.1, -0.05) is 13.3 Å². The summed E-state index contributed by atoms with van der Waals surface area (Å²) in [6.07, 6.45) is 1.77. The first-order valence-corrected chi connectivity index (χ1v) is 5.81. The summed E-state index contributed by atoms with van der Waals surface area (Å²) in [6, 6.07) is -0.0394. The molecule has 2 N–H and O–H groups in total. The van der Waals surface area contributed by atoms with E-state index in [9.17, 15) is 4.57 Å². The van der Waals surface area contributed by atoms with Gasteiger partial charge in [0.1, 0.15) is 0 Å². The van der Waals surface area contributed by atoms with E-state index < -0.39 is 7.75 Å². The van der Waals surface area contributed by atoms with Crippen molar-refractivity contribution in [1.29, 1.82) is 0 Å². The highest BCUT2D eigenvalue weighted by Gasteiger charge is 2.19. The van der Waals surface area contributed by atoms with Crippen molar-refractivity contribution >= 4 is 7.75 Å². The maximum Gasteiger partial charge on any atom is 0.403 e. The summed E-state index contributed by atoms with van der Waals surface area (Å²) in [5.74, 6) is 0. The van der Waals surface area contributed by atoms with Gasteiger partial charge in [-0.05, 0) is 20.3 Å². The Morgan fingerprint density at radius 2 is 2.17 bits per heavy atom. The van der Waals surface area contributed by atoms with Gasteiger partial charge in [0.05, 0.1) is 6.61 Å². The van der Waals surface area contributed by atoms with Crippen molar-refractivity contribution in [1.82, 2.24) is 5.09 Å². The zero-order chi connectivity index (χ0) is 9.61. The molecule has 0 saturated heterocycles. The summed E-state index contributed by atoms with van der Waals surface area (Å²) in [5, 5.41) is 2.47. The van der Waals surface area contributed by atoms with Crippen molar-refractivity contribution in [3.8, 4) is 0 Å². The van der Waals surface area contributed by atoms with Gasteiger partial charge >= 0.3 is 7.75 Å². The first kappa shape index (κ1) is 12.1. The van der Waals surface area contributed by atoms with Crippen LogP contribution in [0.3, 0.4) is 0 Å². The fourth-order valence-corrected chi connectivity index (χ4v) is 1.80. The third kappa shape index (κ3) is 6.80. The summed E-state index contributed by atoms with van der Waals surface area (Å²) in [4.78, 5) is 9.13. The second-order valence-electron chi connectivity index (χ2n) is 2.99. The van der Waals surface area contributed by atoms with Gasteiger partial charge in [-0.15, -0.1) is 0 Å². The molecule has 0 rings (SSSR count). The Hall–Kier alpha value is 0.110. The molecule has 0 aliphatic heterocycles. The van der Waals surface area contributed by atoms with Crippen LogP contribution in [0.15, 0.2) is 0 Å². The Bertz CT molecular complexity index is 161. The zero-order valence-electron chi connectivity index (χ0n) is 7.91. The molecule has 12 heavy (non-hydrogen) atoms. The van der Waals surface area contributed by atoms with Crippen LogP contribution in [0.2, 0.25) is 0 Å². The molecule has 0 aliphatic rings. The fourth-order valence-electron chi connectivity index (χ4n) is 0.696. The molecule has 0 aromatic rings. The Labute approximate surface area is 73.9 Å². The smallest absolute Gasteiger partial charge is 0.312 e. The molecular weight excluding hydrogens is 177 g/mol. The first-order valence-electron chi connectivity index (χ1n) is 4.23. The van der Waals surface area contributed by atoms with Gasteiger partial charge < -0.3 is 4.89 Å². The molecule has 0 aromatic carbocycles. The van der Waals surface area contributed by atoms with Gasteiger partial charge in [0.25, 0.3) is 0 Å². The number of unbranched alkanes of at least 4 members (excludes halogenated alkanes) is 1. The summed E-state index contributed by atoms with van der Waals surface area (Å²) in [7, 11) is -3.53. The predicted molar refractivity (Wildman–Crippen MR) is 49.0 cm³/mol. The molecule has 0 spiro atoms. The lowest BCUT2D eigenvalue weighted by Crippen LogP contribution is -2.20. The van der Waals surface area contributed by atoms with Crippen LogP contribution in [0.25, 0.3) is 0 Å². The lowest BCUT2D eigenvalue weighted by molar-refractivity contribution is 0.243. The highest BCUT2D eigenvalue weighted by Crippen LogP contribution is 2.37. The van der Waals surface area contributed by atoms with Gasteiger partial charge in [-0.2, -0.15) is 0 Å². The lowest BCUT2D eigenvalue weighted by atomic mass is 10.4. The minimum Gasteiger partial charge on any atom is -0.312 e. The molecular formula is C7H18NO3P. The first-order chi connectivity index (χ1) is 5.48. The van der Waals surface area contributed by atoms with Crippen molar-refractivity contribution in [3.05, 3.63) is 0 Å². The number of hydrogen-bond acceptors (Lipinski definition) is 2. The fraction of sp³-hybridized carbons (Fsp3) is 1.00. The molecule has 0 fully saturated rings. The Kier molecular flexibility index (Phi) is 5.76. The predicted octanol–water partition coefficient (Wildman–Crippen LogP) is 1.90. The third-order valence-electron chi connectivity index (χ3n) is 1.19. The van der Waals surface area contributed by atoms with Crippen molar-refractivity contribution in [2.24, 2.45) is 0 Å². The quantitative estimate of drug-likeness (QED) is 0.502. The minimum absolute atomic E-state index is 0.0394. The van der Waals surface area contributed by atoms with E-state index in [0.717, 1.165) is 12.8 Å². The second kappa shape index (κ2) is 5.70. The SMILES string of the molecule is CCCCOP(=O)(O)NC(C)C. The molecule has 0 heterocycles. The van der Waals surface area contributed by atoms with Gasteiger partial charge in [0, 0.05) is 6.04 Å². The number of rotatable bonds is 6. The molecule has 1 atom stereocenters. The van der Waals surface area contributed by atoms with E-state index in [1.165, 1.54) is 0 Å². The minimum atomic E-state index is -3.53. The van der Waals surface area contributed by atoms with Crippen LogP contribution < -0.4 is 5.09 Å². The highest BCUT2D eigenvalue weighted by molar-refractivity contribution is 7.50. The summed E-state index contributed by atoms with van der Waals surface area (Å²) in [5.41, 5.74) is 0. The van der Waals surface area contributed by atoms with Gasteiger partial charge in [0.2, 0.25) is 0 Å². The van der Waals surface area contributed by atoms with Crippen molar-refractivity contribution < 1.29 is 14.0 Å². The summed E-state index contributed by atoms with van der Waals surface area (Å²) in [6.45, 7) is 5.93. The van der Waals surface area contributed by atoms with E-state index >= 15 is 0 Å². The lowest BCUT2D eigenvalue weighted by Gasteiger charge is -2.15. The normalized spacial score (nSPS) is 16.4. The average molecular weight is 195 g/mol. The Morgan fingerprint density at radius 1 is 1.58 bits per heavy atom. The average Bonchev–Trinajstić information content (AvgIpc) is 1.84.